The second-order valence-corrected chi connectivity index (χ2v) is 5.62. The van der Waals surface area contributed by atoms with Crippen LogP contribution in [0, 0.1) is 6.92 Å². The molecule has 0 amide bonds. The lowest BCUT2D eigenvalue weighted by Crippen LogP contribution is -2.22. The molecule has 19 heavy (non-hydrogen) atoms. The Morgan fingerprint density at radius 2 is 1.95 bits per heavy atom. The zero-order chi connectivity index (χ0) is 14.3. The van der Waals surface area contributed by atoms with Crippen molar-refractivity contribution in [2.75, 3.05) is 18.5 Å². The zero-order valence-electron chi connectivity index (χ0n) is 12.8. The SMILES string of the molecule is CCOCCC(=NC(C)(C)C)Nc1ccccc1C. The molecule has 0 heterocycles. The first-order valence-corrected chi connectivity index (χ1v) is 6.91. The van der Waals surface area contributed by atoms with E-state index in [1.807, 2.05) is 19.1 Å². The van der Waals surface area contributed by atoms with Crippen molar-refractivity contribution in [2.24, 2.45) is 4.99 Å². The van der Waals surface area contributed by atoms with Gasteiger partial charge in [-0.05, 0) is 46.2 Å². The maximum Gasteiger partial charge on any atom is 0.104 e. The summed E-state index contributed by atoms with van der Waals surface area (Å²) in [4.78, 5) is 4.74. The van der Waals surface area contributed by atoms with Gasteiger partial charge < -0.3 is 10.1 Å². The van der Waals surface area contributed by atoms with Gasteiger partial charge in [-0.15, -0.1) is 0 Å². The number of anilines is 1. The molecule has 3 heteroatoms. The molecule has 0 aliphatic rings. The van der Waals surface area contributed by atoms with E-state index in [2.05, 4.69) is 45.1 Å². The Kier molecular flexibility index (Phi) is 6.03. The molecule has 106 valence electrons. The van der Waals surface area contributed by atoms with Gasteiger partial charge in [-0.3, -0.25) is 4.99 Å². The summed E-state index contributed by atoms with van der Waals surface area (Å²) in [5.74, 6) is 0.982. The van der Waals surface area contributed by atoms with E-state index in [1.54, 1.807) is 0 Å². The second kappa shape index (κ2) is 7.29. The topological polar surface area (TPSA) is 33.6 Å². The molecule has 0 radical (unpaired) electrons. The summed E-state index contributed by atoms with van der Waals surface area (Å²) >= 11 is 0. The molecule has 0 spiro atoms. The van der Waals surface area contributed by atoms with Crippen LogP contribution in [-0.4, -0.2) is 24.6 Å². The lowest BCUT2D eigenvalue weighted by Gasteiger charge is -2.18. The summed E-state index contributed by atoms with van der Waals surface area (Å²) in [7, 11) is 0. The Morgan fingerprint density at radius 3 is 2.53 bits per heavy atom. The van der Waals surface area contributed by atoms with Crippen LogP contribution in [0.1, 0.15) is 39.7 Å². The molecule has 1 N–H and O–H groups in total. The fourth-order valence-corrected chi connectivity index (χ4v) is 1.73. The quantitative estimate of drug-likeness (QED) is 0.494. The number of benzene rings is 1. The summed E-state index contributed by atoms with van der Waals surface area (Å²) in [6, 6.07) is 8.25. The molecule has 0 fully saturated rings. The van der Waals surface area contributed by atoms with Gasteiger partial charge >= 0.3 is 0 Å². The van der Waals surface area contributed by atoms with Crippen molar-refractivity contribution in [3.05, 3.63) is 29.8 Å². The first-order valence-electron chi connectivity index (χ1n) is 6.91. The molecular formula is C16H26N2O. The molecule has 0 saturated carbocycles. The van der Waals surface area contributed by atoms with Crippen LogP contribution >= 0.6 is 0 Å². The fraction of sp³-hybridized carbons (Fsp3) is 0.562. The number of hydrogen-bond donors (Lipinski definition) is 1. The van der Waals surface area contributed by atoms with E-state index in [1.165, 1.54) is 5.56 Å². The lowest BCUT2D eigenvalue weighted by molar-refractivity contribution is 0.155. The highest BCUT2D eigenvalue weighted by Gasteiger charge is 2.11. The standard InChI is InChI=1S/C16H26N2O/c1-6-19-12-11-15(18-16(3,4)5)17-14-10-8-7-9-13(14)2/h7-10H,6,11-12H2,1-5H3,(H,17,18). The molecule has 1 aromatic rings. The van der Waals surface area contributed by atoms with Gasteiger partial charge in [0.05, 0.1) is 12.1 Å². The van der Waals surface area contributed by atoms with Gasteiger partial charge in [-0.25, -0.2) is 0 Å². The normalized spacial score (nSPS) is 12.6. The van der Waals surface area contributed by atoms with Crippen molar-refractivity contribution in [3.63, 3.8) is 0 Å². The minimum atomic E-state index is -0.0861. The minimum Gasteiger partial charge on any atom is -0.381 e. The summed E-state index contributed by atoms with van der Waals surface area (Å²) in [6.45, 7) is 11.9. The van der Waals surface area contributed by atoms with Crippen molar-refractivity contribution in [3.8, 4) is 0 Å². The predicted octanol–water partition coefficient (Wildman–Crippen LogP) is 4.03. The summed E-state index contributed by atoms with van der Waals surface area (Å²) in [5, 5.41) is 3.43. The number of amidine groups is 1. The van der Waals surface area contributed by atoms with Crippen LogP contribution in [0.15, 0.2) is 29.3 Å². The number of aryl methyl sites for hydroxylation is 1. The smallest absolute Gasteiger partial charge is 0.104 e. The van der Waals surface area contributed by atoms with E-state index in [4.69, 9.17) is 9.73 Å². The number of nitrogens with zero attached hydrogens (tertiary/aromatic N) is 1. The van der Waals surface area contributed by atoms with Crippen molar-refractivity contribution in [2.45, 2.75) is 46.6 Å². The number of para-hydroxylation sites is 1. The highest BCUT2D eigenvalue weighted by molar-refractivity contribution is 5.96. The molecule has 1 rings (SSSR count). The van der Waals surface area contributed by atoms with Crippen molar-refractivity contribution >= 4 is 11.5 Å². The third-order valence-corrected chi connectivity index (χ3v) is 2.58. The van der Waals surface area contributed by atoms with Crippen LogP contribution < -0.4 is 5.32 Å². The van der Waals surface area contributed by atoms with Crippen LogP contribution in [0.3, 0.4) is 0 Å². The van der Waals surface area contributed by atoms with Gasteiger partial charge in [0.2, 0.25) is 0 Å². The Morgan fingerprint density at radius 1 is 1.26 bits per heavy atom. The molecule has 0 aliphatic carbocycles. The third kappa shape index (κ3) is 6.39. The minimum absolute atomic E-state index is 0.0861. The van der Waals surface area contributed by atoms with Crippen LogP contribution in [0.25, 0.3) is 0 Å². The van der Waals surface area contributed by atoms with Gasteiger partial charge in [0.15, 0.2) is 0 Å². The highest BCUT2D eigenvalue weighted by Crippen LogP contribution is 2.15. The van der Waals surface area contributed by atoms with Crippen LogP contribution in [-0.2, 0) is 4.74 Å². The molecule has 0 atom stereocenters. The summed E-state index contributed by atoms with van der Waals surface area (Å²) in [6.07, 6.45) is 0.805. The van der Waals surface area contributed by atoms with Gasteiger partial charge in [0, 0.05) is 18.7 Å². The Labute approximate surface area is 117 Å². The maximum atomic E-state index is 5.43. The zero-order valence-corrected chi connectivity index (χ0v) is 12.8. The van der Waals surface area contributed by atoms with Gasteiger partial charge in [-0.2, -0.15) is 0 Å². The van der Waals surface area contributed by atoms with Crippen molar-refractivity contribution in [1.82, 2.24) is 0 Å². The number of hydrogen-bond acceptors (Lipinski definition) is 2. The average Bonchev–Trinajstić information content (AvgIpc) is 2.30. The molecule has 0 aliphatic heterocycles. The van der Waals surface area contributed by atoms with E-state index >= 15 is 0 Å². The van der Waals surface area contributed by atoms with E-state index < -0.39 is 0 Å². The van der Waals surface area contributed by atoms with Crippen LogP contribution in [0.5, 0.6) is 0 Å². The predicted molar refractivity (Wildman–Crippen MR) is 83.1 cm³/mol. The number of nitrogens with one attached hydrogen (secondary N) is 1. The van der Waals surface area contributed by atoms with Gasteiger partial charge in [0.25, 0.3) is 0 Å². The first-order chi connectivity index (χ1) is 8.92. The van der Waals surface area contributed by atoms with Gasteiger partial charge in [-0.1, -0.05) is 18.2 Å². The third-order valence-electron chi connectivity index (χ3n) is 2.58. The van der Waals surface area contributed by atoms with Crippen molar-refractivity contribution < 1.29 is 4.74 Å². The summed E-state index contributed by atoms with van der Waals surface area (Å²) in [5.41, 5.74) is 2.25. The molecule has 1 aromatic carbocycles. The average molecular weight is 262 g/mol. The number of rotatable bonds is 5. The number of aliphatic imine (C=N–C) groups is 1. The van der Waals surface area contributed by atoms with E-state index in [0.717, 1.165) is 24.6 Å². The molecule has 0 unspecified atom stereocenters. The number of ether oxygens (including phenoxy) is 1. The van der Waals surface area contributed by atoms with E-state index in [-0.39, 0.29) is 5.54 Å². The molecular weight excluding hydrogens is 236 g/mol. The first kappa shape index (κ1) is 15.7. The molecule has 0 aromatic heterocycles. The fourth-order valence-electron chi connectivity index (χ4n) is 1.73. The van der Waals surface area contributed by atoms with Gasteiger partial charge in [0.1, 0.15) is 5.84 Å². The van der Waals surface area contributed by atoms with Crippen molar-refractivity contribution in [1.29, 1.82) is 0 Å². The van der Waals surface area contributed by atoms with Crippen LogP contribution in [0.2, 0.25) is 0 Å². The molecule has 0 saturated heterocycles. The summed E-state index contributed by atoms with van der Waals surface area (Å²) < 4.78 is 5.43. The highest BCUT2D eigenvalue weighted by atomic mass is 16.5. The monoisotopic (exact) mass is 262 g/mol. The van der Waals surface area contributed by atoms with E-state index in [9.17, 15) is 0 Å². The maximum absolute atomic E-state index is 5.43. The van der Waals surface area contributed by atoms with Crippen LogP contribution in [0.4, 0.5) is 5.69 Å². The largest absolute Gasteiger partial charge is 0.381 e. The Balaban J connectivity index is 2.80. The Bertz CT molecular complexity index is 419. The Hall–Kier alpha value is -1.35. The molecule has 0 bridgehead atoms. The second-order valence-electron chi connectivity index (χ2n) is 5.62. The lowest BCUT2D eigenvalue weighted by atomic mass is 10.1. The molecule has 3 nitrogen and oxygen atoms in total. The van der Waals surface area contributed by atoms with E-state index in [0.29, 0.717) is 6.61 Å².